The molecule has 18 atom stereocenters. The standard InChI is InChI=1S/C26H35N3O3.C22H33BrO3/c1-24(31)9-10-26-15-32-22(20(26)13-24)12-16-17-4-5-19(25(17,2)8-6-18(16)26)21(30)14-29-11-7-23(27-3)28-29;1-20(25)7-8-22-12-26-19(17(22)10-20)9-13-14-3-4-16(18(24)11-23)21(14,2)6-5-15(13)22/h7,11,16-20,22,31H,4-6,8-10,12-15H2,1-2H3;13-17,19,25H,3-12H2,1-2H3/t16-,17-,18?,19+,20?,22+,24+,25-,26-;13-,14-,15?,16+,17?,19+,20+,21-,22-/m00/s1. The third kappa shape index (κ3) is 5.94. The van der Waals surface area contributed by atoms with Gasteiger partial charge in [-0.2, -0.15) is 4.68 Å². The Morgan fingerprint density at radius 3 is 1.71 bits per heavy atom. The number of alkyl halides is 1. The number of carbonyl (C=O) groups is 2. The minimum Gasteiger partial charge on any atom is -0.390 e. The molecule has 2 aliphatic heterocycles. The maximum absolute atomic E-state index is 13.4. The van der Waals surface area contributed by atoms with Gasteiger partial charge in [-0.1, -0.05) is 36.3 Å². The van der Waals surface area contributed by atoms with E-state index in [2.05, 4.69) is 39.7 Å². The van der Waals surface area contributed by atoms with Crippen LogP contribution in [-0.2, 0) is 25.6 Å². The third-order valence-electron chi connectivity index (χ3n) is 20.4. The summed E-state index contributed by atoms with van der Waals surface area (Å²) in [5.74, 6) is 6.57. The van der Waals surface area contributed by atoms with E-state index in [0.717, 1.165) is 95.7 Å². The van der Waals surface area contributed by atoms with E-state index in [1.807, 2.05) is 13.8 Å². The third-order valence-corrected chi connectivity index (χ3v) is 21.0. The fraction of sp³-hybridized carbons (Fsp3) is 0.875. The molecule has 10 fully saturated rings. The average Bonchev–Trinajstić information content (AvgIpc) is 3.98. The molecule has 0 aromatic carbocycles. The Balaban J connectivity index is 0.000000144. The van der Waals surface area contributed by atoms with Crippen molar-refractivity contribution in [2.45, 2.75) is 160 Å². The number of halogens is 1. The summed E-state index contributed by atoms with van der Waals surface area (Å²) >= 11 is 3.43. The van der Waals surface area contributed by atoms with Gasteiger partial charge in [0.1, 0.15) is 12.3 Å². The number of aromatic nitrogens is 2. The van der Waals surface area contributed by atoms with Crippen molar-refractivity contribution in [2.24, 2.45) is 80.8 Å². The van der Waals surface area contributed by atoms with Crippen molar-refractivity contribution in [3.05, 3.63) is 23.7 Å². The number of nitrogens with zero attached hydrogens (tertiary/aromatic N) is 3. The molecule has 10 aliphatic rings. The molecule has 318 valence electrons. The first-order valence-corrected chi connectivity index (χ1v) is 24.4. The Morgan fingerprint density at radius 1 is 0.741 bits per heavy atom. The number of hydrogen-bond donors (Lipinski definition) is 2. The average molecular weight is 863 g/mol. The molecule has 0 spiro atoms. The predicted octanol–water partition coefficient (Wildman–Crippen LogP) is 8.75. The van der Waals surface area contributed by atoms with E-state index in [-0.39, 0.29) is 46.5 Å². The Kier molecular flexibility index (Phi) is 9.71. The molecule has 58 heavy (non-hydrogen) atoms. The molecular formula is C48H68BrN3O6. The molecule has 0 amide bonds. The fourth-order valence-electron chi connectivity index (χ4n) is 17.8. The van der Waals surface area contributed by atoms with Gasteiger partial charge in [0.05, 0.1) is 42.0 Å². The summed E-state index contributed by atoms with van der Waals surface area (Å²) in [6.07, 6.45) is 19.8. The van der Waals surface area contributed by atoms with Crippen molar-refractivity contribution < 1.29 is 29.3 Å². The van der Waals surface area contributed by atoms with E-state index in [4.69, 9.17) is 16.0 Å². The number of Topliss-reactive ketones (excluding diaryl/α,β-unsaturated/α-hetero) is 2. The zero-order chi connectivity index (χ0) is 40.6. The highest BCUT2D eigenvalue weighted by Crippen LogP contribution is 2.72. The second-order valence-corrected chi connectivity index (χ2v) is 23.5. The molecule has 1 aromatic heterocycles. The van der Waals surface area contributed by atoms with Crippen LogP contribution in [0, 0.1) is 87.4 Å². The Bertz CT molecular complexity index is 1860. The molecule has 2 saturated heterocycles. The van der Waals surface area contributed by atoms with Gasteiger partial charge in [-0.15, -0.1) is 0 Å². The lowest BCUT2D eigenvalue weighted by Gasteiger charge is -2.60. The highest BCUT2D eigenvalue weighted by Gasteiger charge is 2.69. The Labute approximate surface area is 354 Å². The van der Waals surface area contributed by atoms with Crippen LogP contribution in [0.4, 0.5) is 5.82 Å². The van der Waals surface area contributed by atoms with Gasteiger partial charge in [0.2, 0.25) is 0 Å². The largest absolute Gasteiger partial charge is 0.390 e. The van der Waals surface area contributed by atoms with E-state index in [9.17, 15) is 19.8 Å². The highest BCUT2D eigenvalue weighted by molar-refractivity contribution is 9.09. The van der Waals surface area contributed by atoms with E-state index >= 15 is 0 Å². The number of carbonyl (C=O) groups excluding carboxylic acids is 2. The molecule has 10 heteroatoms. The molecule has 3 heterocycles. The maximum Gasteiger partial charge on any atom is 0.295 e. The maximum atomic E-state index is 13.4. The summed E-state index contributed by atoms with van der Waals surface area (Å²) in [5.41, 5.74) is -0.206. The molecule has 9 nitrogen and oxygen atoms in total. The monoisotopic (exact) mass is 861 g/mol. The first-order valence-electron chi connectivity index (χ1n) is 23.3. The van der Waals surface area contributed by atoms with Crippen LogP contribution in [0.3, 0.4) is 0 Å². The smallest absolute Gasteiger partial charge is 0.295 e. The Morgan fingerprint density at radius 2 is 1.24 bits per heavy atom. The number of aliphatic hydroxyl groups is 2. The zero-order valence-corrected chi connectivity index (χ0v) is 37.1. The van der Waals surface area contributed by atoms with Crippen LogP contribution in [0.5, 0.6) is 0 Å². The normalized spacial score (nSPS) is 53.1. The lowest BCUT2D eigenvalue weighted by Crippen LogP contribution is -2.58. The van der Waals surface area contributed by atoms with Crippen LogP contribution in [-0.4, -0.2) is 73.5 Å². The van der Waals surface area contributed by atoms with Gasteiger partial charge in [-0.3, -0.25) is 9.59 Å². The van der Waals surface area contributed by atoms with Crippen molar-refractivity contribution in [1.82, 2.24) is 9.78 Å². The topological polar surface area (TPSA) is 115 Å². The van der Waals surface area contributed by atoms with Crippen LogP contribution < -0.4 is 0 Å². The SMILES string of the molecule is C[C@@]1(O)CC[C@]23CO[C@H](C[C@@H]4C2CC[C@]2(C)[C@@H](C(=O)CBr)CC[C@@H]42)C3C1.[C-]#[N+]c1ccn(CC(=O)[C@H]2CC[C@H]3[C@@H]4C[C@H]5OC[C@@]6(CC[C@@](C)(O)CC56)C4CC[C@]23C)n1. The van der Waals surface area contributed by atoms with Crippen molar-refractivity contribution in [2.75, 3.05) is 18.5 Å². The van der Waals surface area contributed by atoms with Gasteiger partial charge in [-0.25, -0.2) is 0 Å². The number of hydrogen-bond acceptors (Lipinski definition) is 7. The minimum atomic E-state index is -0.541. The lowest BCUT2D eigenvalue weighted by molar-refractivity contribution is -0.145. The second-order valence-electron chi connectivity index (χ2n) is 22.9. The van der Waals surface area contributed by atoms with Gasteiger partial charge >= 0.3 is 0 Å². The van der Waals surface area contributed by atoms with Crippen molar-refractivity contribution in [1.29, 1.82) is 0 Å². The highest BCUT2D eigenvalue weighted by atomic mass is 79.9. The van der Waals surface area contributed by atoms with E-state index < -0.39 is 11.2 Å². The number of ether oxygens (including phenoxy) is 2. The van der Waals surface area contributed by atoms with Gasteiger partial charge in [0.25, 0.3) is 5.82 Å². The molecule has 8 saturated carbocycles. The van der Waals surface area contributed by atoms with Crippen molar-refractivity contribution in [3.8, 4) is 0 Å². The quantitative estimate of drug-likeness (QED) is 0.225. The molecule has 2 N–H and O–H groups in total. The predicted molar refractivity (Wildman–Crippen MR) is 223 cm³/mol. The van der Waals surface area contributed by atoms with Gasteiger partial charge in [0, 0.05) is 28.9 Å². The van der Waals surface area contributed by atoms with Crippen LogP contribution in [0.2, 0.25) is 0 Å². The molecule has 8 aliphatic carbocycles. The van der Waals surface area contributed by atoms with Crippen LogP contribution in [0.25, 0.3) is 4.85 Å². The summed E-state index contributed by atoms with van der Waals surface area (Å²) in [6.45, 7) is 18.0. The van der Waals surface area contributed by atoms with E-state index in [1.54, 1.807) is 16.9 Å². The summed E-state index contributed by atoms with van der Waals surface area (Å²) in [5, 5.41) is 26.2. The number of ketones is 2. The molecule has 4 bridgehead atoms. The fourth-order valence-corrected chi connectivity index (χ4v) is 18.2. The van der Waals surface area contributed by atoms with Gasteiger partial charge < -0.3 is 24.5 Å². The van der Waals surface area contributed by atoms with Gasteiger partial charge in [0.15, 0.2) is 5.78 Å². The van der Waals surface area contributed by atoms with Crippen LogP contribution in [0.15, 0.2) is 12.3 Å². The minimum absolute atomic E-state index is 0.0666. The van der Waals surface area contributed by atoms with E-state index in [0.29, 0.717) is 64.0 Å². The summed E-state index contributed by atoms with van der Waals surface area (Å²) < 4.78 is 14.5. The van der Waals surface area contributed by atoms with Crippen molar-refractivity contribution in [3.63, 3.8) is 0 Å². The zero-order valence-electron chi connectivity index (χ0n) is 35.5. The number of fused-ring (bicyclic) bond motifs is 6. The Hall–Kier alpha value is -1.64. The lowest BCUT2D eigenvalue weighted by atomic mass is 9.44. The number of rotatable bonds is 5. The summed E-state index contributed by atoms with van der Waals surface area (Å²) in [4.78, 5) is 29.3. The molecule has 4 unspecified atom stereocenters. The molecule has 1 aromatic rings. The molecule has 11 rings (SSSR count). The summed E-state index contributed by atoms with van der Waals surface area (Å²) in [7, 11) is 0. The second kappa shape index (κ2) is 13.9. The van der Waals surface area contributed by atoms with Crippen LogP contribution in [0.1, 0.15) is 130 Å². The van der Waals surface area contributed by atoms with Gasteiger partial charge in [-0.05, 0) is 186 Å². The summed E-state index contributed by atoms with van der Waals surface area (Å²) in [6, 6.07) is 1.68. The molecule has 0 radical (unpaired) electrons. The van der Waals surface area contributed by atoms with Crippen LogP contribution >= 0.6 is 15.9 Å². The van der Waals surface area contributed by atoms with Crippen molar-refractivity contribution >= 4 is 33.3 Å². The van der Waals surface area contributed by atoms with E-state index in [1.165, 1.54) is 32.1 Å². The first-order chi connectivity index (χ1) is 27.6. The molecular weight excluding hydrogens is 794 g/mol. The first kappa shape index (κ1) is 40.4.